The second kappa shape index (κ2) is 24.4. The molecule has 0 spiro atoms. The molecule has 366 valence electrons. The molecule has 15 heteroatoms. The normalized spacial score (nSPS) is 25.3. The lowest BCUT2D eigenvalue weighted by molar-refractivity contribution is -0.360. The van der Waals surface area contributed by atoms with Gasteiger partial charge >= 0.3 is 11.9 Å². The number of hydrogen-bond acceptors (Lipinski definition) is 14. The van der Waals surface area contributed by atoms with Crippen LogP contribution in [-0.4, -0.2) is 110 Å². The Morgan fingerprint density at radius 1 is 0.514 bits per heavy atom. The molecule has 0 bridgehead atoms. The zero-order valence-electron chi connectivity index (χ0n) is 39.0. The highest BCUT2D eigenvalue weighted by molar-refractivity contribution is 6.21. The Morgan fingerprint density at radius 3 is 1.40 bits per heavy atom. The highest BCUT2D eigenvalue weighted by Crippen LogP contribution is 2.39. The smallest absolute Gasteiger partial charge is 0.303 e. The fourth-order valence-electron chi connectivity index (χ4n) is 8.82. The largest absolute Gasteiger partial charge is 0.457 e. The molecule has 15 nitrogen and oxygen atoms in total. The molecule has 2 amide bonds. The number of nitrogens with zero attached hydrogens (tertiary/aromatic N) is 1. The number of benzene rings is 5. The third-order valence-electron chi connectivity index (χ3n) is 12.0. The van der Waals surface area contributed by atoms with E-state index in [1.165, 1.54) is 19.9 Å². The molecule has 10 atom stereocenters. The van der Waals surface area contributed by atoms with Crippen LogP contribution in [0.15, 0.2) is 158 Å². The molecule has 0 N–H and O–H groups in total. The maximum absolute atomic E-state index is 14.5. The topological polar surface area (TPSA) is 164 Å². The first-order valence-electron chi connectivity index (χ1n) is 23.2. The van der Waals surface area contributed by atoms with Crippen LogP contribution in [0.4, 0.5) is 0 Å². The van der Waals surface area contributed by atoms with Crippen molar-refractivity contribution in [3.63, 3.8) is 0 Å². The van der Waals surface area contributed by atoms with Crippen molar-refractivity contribution < 1.29 is 66.5 Å². The number of hydrogen-bond donors (Lipinski definition) is 0. The van der Waals surface area contributed by atoms with E-state index in [9.17, 15) is 19.2 Å². The van der Waals surface area contributed by atoms with Gasteiger partial charge in [-0.3, -0.25) is 24.1 Å². The van der Waals surface area contributed by atoms with Crippen molar-refractivity contribution in [3.05, 3.63) is 192 Å². The zero-order chi connectivity index (χ0) is 48.8. The maximum atomic E-state index is 14.5. The molecule has 0 aliphatic carbocycles. The molecule has 3 aliphatic rings. The van der Waals surface area contributed by atoms with Gasteiger partial charge in [-0.2, -0.15) is 0 Å². The van der Waals surface area contributed by atoms with Crippen molar-refractivity contribution >= 4 is 23.8 Å². The molecule has 2 fully saturated rings. The Bertz CT molecular complexity index is 2460. The molecule has 8 rings (SSSR count). The standard InChI is InChI=1S/C55H57NO14/c1-4-29-63-54-46(56-52(59)42-27-17-18-28-43(42)53(56)60)49(64-32-40-23-13-7-14-24-40)47(44(68-54)34-61-30-38-19-9-5-10-20-38)70-55-51(67-37(3)58)50(65-33-41-25-15-8-16-26-41)48(66-36(2)57)45(69-55)35-62-31-39-21-11-6-12-22-39/h4-28,44-51,54-55H,1,29-35H2,2-3H3/t44-,45-,46-,47-,48-,49-,50+,51-,54-,55+/m1/s1. The van der Waals surface area contributed by atoms with Gasteiger partial charge in [0.1, 0.15) is 36.6 Å². The van der Waals surface area contributed by atoms with Gasteiger partial charge in [0, 0.05) is 13.8 Å². The Balaban J connectivity index is 1.22. The Labute approximate surface area is 407 Å². The number of esters is 2. The van der Waals surface area contributed by atoms with Crippen LogP contribution in [0.5, 0.6) is 0 Å². The third kappa shape index (κ3) is 12.5. The lowest BCUT2D eigenvalue weighted by Gasteiger charge is -2.51. The van der Waals surface area contributed by atoms with Gasteiger partial charge in [-0.05, 0) is 34.4 Å². The number of carbonyl (C=O) groups excluding carboxylic acids is 4. The summed E-state index contributed by atoms with van der Waals surface area (Å²) in [6, 6.07) is 43.0. The maximum Gasteiger partial charge on any atom is 0.303 e. The van der Waals surface area contributed by atoms with Crippen molar-refractivity contribution in [2.45, 2.75) is 102 Å². The monoisotopic (exact) mass is 955 g/mol. The van der Waals surface area contributed by atoms with Crippen LogP contribution in [-0.2, 0) is 83.4 Å². The molecule has 0 aromatic heterocycles. The molecule has 3 aliphatic heterocycles. The van der Waals surface area contributed by atoms with Gasteiger partial charge in [0.2, 0.25) is 0 Å². The number of carbonyl (C=O) groups is 4. The van der Waals surface area contributed by atoms with E-state index in [-0.39, 0.29) is 57.4 Å². The Hall–Kier alpha value is -6.40. The van der Waals surface area contributed by atoms with Gasteiger partial charge in [0.15, 0.2) is 24.8 Å². The van der Waals surface area contributed by atoms with Crippen molar-refractivity contribution in [2.24, 2.45) is 0 Å². The predicted molar refractivity (Wildman–Crippen MR) is 252 cm³/mol. The van der Waals surface area contributed by atoms with E-state index in [1.54, 1.807) is 24.3 Å². The second-order valence-electron chi connectivity index (χ2n) is 17.0. The van der Waals surface area contributed by atoms with Gasteiger partial charge in [-0.15, -0.1) is 6.58 Å². The molecular weight excluding hydrogens is 899 g/mol. The van der Waals surface area contributed by atoms with Crippen molar-refractivity contribution in [1.29, 1.82) is 0 Å². The van der Waals surface area contributed by atoms with Gasteiger partial charge in [-0.25, -0.2) is 0 Å². The molecule has 3 heterocycles. The zero-order valence-corrected chi connectivity index (χ0v) is 39.0. The molecule has 0 saturated carbocycles. The lowest BCUT2D eigenvalue weighted by Crippen LogP contribution is -2.69. The Kier molecular flexibility index (Phi) is 17.5. The number of ether oxygens (including phenoxy) is 10. The van der Waals surface area contributed by atoms with Crippen LogP contribution in [0.1, 0.15) is 56.8 Å². The van der Waals surface area contributed by atoms with E-state index in [4.69, 9.17) is 47.4 Å². The van der Waals surface area contributed by atoms with E-state index in [1.807, 2.05) is 121 Å². The minimum atomic E-state index is -1.51. The lowest BCUT2D eigenvalue weighted by atomic mass is 9.93. The first-order valence-corrected chi connectivity index (χ1v) is 23.2. The van der Waals surface area contributed by atoms with Gasteiger partial charge in [0.05, 0.1) is 57.4 Å². The number of rotatable bonds is 22. The average Bonchev–Trinajstić information content (AvgIpc) is 3.62. The minimum Gasteiger partial charge on any atom is -0.457 e. The molecule has 0 radical (unpaired) electrons. The van der Waals surface area contributed by atoms with Crippen molar-refractivity contribution in [3.8, 4) is 0 Å². The summed E-state index contributed by atoms with van der Waals surface area (Å²) in [7, 11) is 0. The van der Waals surface area contributed by atoms with E-state index >= 15 is 0 Å². The van der Waals surface area contributed by atoms with Gasteiger partial charge in [-0.1, -0.05) is 140 Å². The molecule has 0 unspecified atom stereocenters. The molecular formula is C55H57NO14. The van der Waals surface area contributed by atoms with Gasteiger partial charge < -0.3 is 47.4 Å². The second-order valence-corrected chi connectivity index (χ2v) is 17.0. The summed E-state index contributed by atoms with van der Waals surface area (Å²) in [5.74, 6) is -2.53. The van der Waals surface area contributed by atoms with E-state index < -0.39 is 85.1 Å². The van der Waals surface area contributed by atoms with Crippen LogP contribution in [0, 0.1) is 0 Å². The summed E-state index contributed by atoms with van der Waals surface area (Å²) in [6.45, 7) is 6.43. The first kappa shape index (κ1) is 50.0. The number of amides is 2. The molecule has 5 aromatic carbocycles. The summed E-state index contributed by atoms with van der Waals surface area (Å²) in [5, 5.41) is 0. The highest BCUT2D eigenvalue weighted by Gasteiger charge is 2.58. The molecule has 2 saturated heterocycles. The SMILES string of the molecule is C=CCO[C@@H]1O[C@H](COCc2ccccc2)[C@@H](O[C@@H]2O[C@H](COCc3ccccc3)[C@@H](OC(C)=O)[C@H](OCc3ccccc3)[C@H]2OC(C)=O)[C@H](OCc2ccccc2)[C@H]1N1C(=O)c2ccccc2C1=O. The fraction of sp³-hybridized carbons (Fsp3) is 0.345. The average molecular weight is 956 g/mol. The number of fused-ring (bicyclic) bond motifs is 1. The van der Waals surface area contributed by atoms with Crippen LogP contribution >= 0.6 is 0 Å². The Morgan fingerprint density at radius 2 is 0.929 bits per heavy atom. The van der Waals surface area contributed by atoms with Crippen molar-refractivity contribution in [1.82, 2.24) is 4.90 Å². The summed E-state index contributed by atoms with van der Waals surface area (Å²) in [6.07, 6.45) is -9.69. The van der Waals surface area contributed by atoms with Crippen LogP contribution in [0.25, 0.3) is 0 Å². The first-order chi connectivity index (χ1) is 34.2. The van der Waals surface area contributed by atoms with E-state index in [0.717, 1.165) is 27.2 Å². The number of imide groups is 1. The third-order valence-corrected chi connectivity index (χ3v) is 12.0. The highest BCUT2D eigenvalue weighted by atomic mass is 16.8. The van der Waals surface area contributed by atoms with Crippen LogP contribution < -0.4 is 0 Å². The summed E-state index contributed by atoms with van der Waals surface area (Å²) in [4.78, 5) is 56.3. The fourth-order valence-corrected chi connectivity index (χ4v) is 8.82. The summed E-state index contributed by atoms with van der Waals surface area (Å²) in [5.41, 5.74) is 3.72. The van der Waals surface area contributed by atoms with E-state index in [0.29, 0.717) is 0 Å². The quantitative estimate of drug-likeness (QED) is 0.0390. The van der Waals surface area contributed by atoms with Crippen molar-refractivity contribution in [2.75, 3.05) is 19.8 Å². The minimum absolute atomic E-state index is 0.0109. The van der Waals surface area contributed by atoms with Gasteiger partial charge in [0.25, 0.3) is 11.8 Å². The predicted octanol–water partition coefficient (Wildman–Crippen LogP) is 7.16. The molecule has 70 heavy (non-hydrogen) atoms. The van der Waals surface area contributed by atoms with Crippen LogP contribution in [0.3, 0.4) is 0 Å². The summed E-state index contributed by atoms with van der Waals surface area (Å²) < 4.78 is 65.3. The summed E-state index contributed by atoms with van der Waals surface area (Å²) >= 11 is 0. The van der Waals surface area contributed by atoms with Crippen LogP contribution in [0.2, 0.25) is 0 Å². The molecule has 5 aromatic rings. The van der Waals surface area contributed by atoms with E-state index in [2.05, 4.69) is 6.58 Å².